The Kier molecular flexibility index (Phi) is 4.88. The van der Waals surface area contributed by atoms with E-state index in [1.54, 1.807) is 0 Å². The number of urea groups is 1. The summed E-state index contributed by atoms with van der Waals surface area (Å²) in [5.74, 6) is 0.897. The zero-order valence-electron chi connectivity index (χ0n) is 14.6. The summed E-state index contributed by atoms with van der Waals surface area (Å²) in [6.07, 6.45) is 3.82. The van der Waals surface area contributed by atoms with E-state index in [1.165, 1.54) is 0 Å². The zero-order valence-corrected chi connectivity index (χ0v) is 14.6. The van der Waals surface area contributed by atoms with Crippen LogP contribution < -0.4 is 5.32 Å². The predicted molar refractivity (Wildman–Crippen MR) is 94.1 cm³/mol. The maximum atomic E-state index is 12.8. The lowest BCUT2D eigenvalue weighted by Gasteiger charge is -2.24. The fourth-order valence-corrected chi connectivity index (χ4v) is 3.23. The number of carbonyl (C=O) groups excluding carboxylic acids is 1. The Labute approximate surface area is 143 Å². The van der Waals surface area contributed by atoms with Crippen molar-refractivity contribution in [1.29, 1.82) is 0 Å². The lowest BCUT2D eigenvalue weighted by molar-refractivity contribution is 0.204. The molecule has 128 valence electrons. The number of anilines is 1. The Morgan fingerprint density at radius 1 is 1.38 bits per heavy atom. The van der Waals surface area contributed by atoms with Gasteiger partial charge in [0.25, 0.3) is 0 Å². The van der Waals surface area contributed by atoms with E-state index in [0.717, 1.165) is 60.5 Å². The minimum atomic E-state index is -0.0637. The number of aromatic nitrogens is 1. The number of nitrogens with zero attached hydrogens (tertiary/aromatic N) is 2. The van der Waals surface area contributed by atoms with Crippen LogP contribution in [0.5, 0.6) is 0 Å². The highest BCUT2D eigenvalue weighted by atomic mass is 16.5. The average Bonchev–Trinajstić information content (AvgIpc) is 3.20. The van der Waals surface area contributed by atoms with Crippen molar-refractivity contribution in [3.05, 3.63) is 46.8 Å². The number of hydrogen-bond acceptors (Lipinski definition) is 3. The fourth-order valence-electron chi connectivity index (χ4n) is 3.23. The van der Waals surface area contributed by atoms with Crippen molar-refractivity contribution in [2.24, 2.45) is 0 Å². The van der Waals surface area contributed by atoms with E-state index in [0.29, 0.717) is 0 Å². The van der Waals surface area contributed by atoms with Gasteiger partial charge in [-0.15, -0.1) is 0 Å². The Balaban J connectivity index is 1.74. The summed E-state index contributed by atoms with van der Waals surface area (Å²) >= 11 is 0. The van der Waals surface area contributed by atoms with Gasteiger partial charge in [0.1, 0.15) is 11.5 Å². The van der Waals surface area contributed by atoms with E-state index in [1.807, 2.05) is 43.0 Å². The molecule has 0 bridgehead atoms. The molecule has 1 aromatic carbocycles. The monoisotopic (exact) mass is 327 g/mol. The molecule has 5 nitrogen and oxygen atoms in total. The van der Waals surface area contributed by atoms with Crippen molar-refractivity contribution < 1.29 is 9.32 Å². The molecule has 2 amide bonds. The molecule has 1 N–H and O–H groups in total. The number of hydrogen-bond donors (Lipinski definition) is 1. The number of rotatable bonds is 4. The maximum absolute atomic E-state index is 12.8. The molecule has 0 unspecified atom stereocenters. The summed E-state index contributed by atoms with van der Waals surface area (Å²) in [4.78, 5) is 14.6. The molecule has 3 rings (SSSR count). The first kappa shape index (κ1) is 16.6. The van der Waals surface area contributed by atoms with Gasteiger partial charge in [0.2, 0.25) is 0 Å². The molecule has 0 saturated carbocycles. The van der Waals surface area contributed by atoms with E-state index >= 15 is 0 Å². The molecule has 0 spiro atoms. The zero-order chi connectivity index (χ0) is 17.1. The van der Waals surface area contributed by atoms with Crippen molar-refractivity contribution in [1.82, 2.24) is 10.1 Å². The van der Waals surface area contributed by atoms with Crippen LogP contribution in [0.15, 0.2) is 28.8 Å². The van der Waals surface area contributed by atoms with E-state index in [-0.39, 0.29) is 12.1 Å². The van der Waals surface area contributed by atoms with Gasteiger partial charge in [-0.3, -0.25) is 0 Å². The summed E-state index contributed by atoms with van der Waals surface area (Å²) in [5.41, 5.74) is 3.94. The minimum absolute atomic E-state index is 0.00414. The van der Waals surface area contributed by atoms with E-state index in [4.69, 9.17) is 4.52 Å². The molecular weight excluding hydrogens is 302 g/mol. The summed E-state index contributed by atoms with van der Waals surface area (Å²) in [6, 6.07) is 8.02. The normalized spacial score (nSPS) is 17.3. The molecule has 1 aliphatic heterocycles. The van der Waals surface area contributed by atoms with Gasteiger partial charge in [-0.25, -0.2) is 4.79 Å². The van der Waals surface area contributed by atoms with Crippen LogP contribution in [0.25, 0.3) is 0 Å². The highest BCUT2D eigenvalue weighted by molar-refractivity contribution is 5.90. The van der Waals surface area contributed by atoms with Gasteiger partial charge in [0.05, 0.1) is 6.04 Å². The second kappa shape index (κ2) is 7.07. The molecule has 0 aliphatic carbocycles. The van der Waals surface area contributed by atoms with Gasteiger partial charge >= 0.3 is 6.03 Å². The van der Waals surface area contributed by atoms with Crippen LogP contribution in [0.1, 0.15) is 54.8 Å². The van der Waals surface area contributed by atoms with Crippen LogP contribution in [-0.4, -0.2) is 22.6 Å². The van der Waals surface area contributed by atoms with E-state index in [2.05, 4.69) is 17.4 Å². The molecule has 1 aromatic heterocycles. The van der Waals surface area contributed by atoms with Gasteiger partial charge in [-0.1, -0.05) is 24.2 Å². The highest BCUT2D eigenvalue weighted by Gasteiger charge is 2.32. The Bertz CT molecular complexity index is 723. The van der Waals surface area contributed by atoms with Gasteiger partial charge in [-0.2, -0.15) is 0 Å². The Morgan fingerprint density at radius 3 is 3.00 bits per heavy atom. The van der Waals surface area contributed by atoms with E-state index < -0.39 is 0 Å². The van der Waals surface area contributed by atoms with Gasteiger partial charge < -0.3 is 14.7 Å². The third-order valence-corrected chi connectivity index (χ3v) is 4.56. The second-order valence-electron chi connectivity index (χ2n) is 6.57. The third-order valence-electron chi connectivity index (χ3n) is 4.56. The van der Waals surface area contributed by atoms with Crippen molar-refractivity contribution in [2.45, 2.75) is 52.5 Å². The van der Waals surface area contributed by atoms with Crippen LogP contribution >= 0.6 is 0 Å². The molecule has 1 aliphatic rings. The van der Waals surface area contributed by atoms with Crippen LogP contribution in [0.4, 0.5) is 10.5 Å². The average molecular weight is 327 g/mol. The van der Waals surface area contributed by atoms with Gasteiger partial charge in [0, 0.05) is 24.7 Å². The third kappa shape index (κ3) is 3.45. The van der Waals surface area contributed by atoms with Crippen molar-refractivity contribution in [2.75, 3.05) is 11.9 Å². The smallest absolute Gasteiger partial charge is 0.322 e. The molecule has 1 atom stereocenters. The predicted octanol–water partition coefficient (Wildman–Crippen LogP) is 4.61. The minimum Gasteiger partial charge on any atom is -0.361 e. The molecule has 5 heteroatoms. The first-order chi connectivity index (χ1) is 11.6. The highest BCUT2D eigenvalue weighted by Crippen LogP contribution is 2.32. The maximum Gasteiger partial charge on any atom is 0.322 e. The SMILES string of the molecule is CCCc1cc([C@H]2CCCN2C(=O)Nc2cc(C)ccc2C)no1. The molecule has 2 heterocycles. The summed E-state index contributed by atoms with van der Waals surface area (Å²) in [7, 11) is 0. The topological polar surface area (TPSA) is 58.4 Å². The van der Waals surface area contributed by atoms with Gasteiger partial charge in [-0.05, 0) is 50.3 Å². The van der Waals surface area contributed by atoms with Crippen LogP contribution in [0, 0.1) is 13.8 Å². The van der Waals surface area contributed by atoms with Crippen LogP contribution in [0.2, 0.25) is 0 Å². The van der Waals surface area contributed by atoms with Crippen molar-refractivity contribution in [3.63, 3.8) is 0 Å². The van der Waals surface area contributed by atoms with E-state index in [9.17, 15) is 4.79 Å². The first-order valence-corrected chi connectivity index (χ1v) is 8.69. The van der Waals surface area contributed by atoms with Crippen LogP contribution in [0.3, 0.4) is 0 Å². The number of benzene rings is 1. The number of amides is 2. The largest absolute Gasteiger partial charge is 0.361 e. The molecular formula is C19H25N3O2. The lowest BCUT2D eigenvalue weighted by Crippen LogP contribution is -2.34. The Hall–Kier alpha value is -2.30. The number of likely N-dealkylation sites (tertiary alicyclic amines) is 1. The number of nitrogens with one attached hydrogen (secondary N) is 1. The second-order valence-corrected chi connectivity index (χ2v) is 6.57. The Morgan fingerprint density at radius 2 is 2.21 bits per heavy atom. The summed E-state index contributed by atoms with van der Waals surface area (Å²) < 4.78 is 5.39. The standard InChI is InChI=1S/C19H25N3O2/c1-4-6-15-12-17(21-24-15)18-7-5-10-22(18)19(23)20-16-11-13(2)8-9-14(16)3/h8-9,11-12,18H,4-7,10H2,1-3H3,(H,20,23)/t18-/m1/s1. The van der Waals surface area contributed by atoms with Crippen molar-refractivity contribution >= 4 is 11.7 Å². The molecule has 1 fully saturated rings. The first-order valence-electron chi connectivity index (χ1n) is 8.69. The lowest BCUT2D eigenvalue weighted by atomic mass is 10.1. The molecule has 2 aromatic rings. The quantitative estimate of drug-likeness (QED) is 0.892. The summed E-state index contributed by atoms with van der Waals surface area (Å²) in [6.45, 7) is 6.89. The fraction of sp³-hybridized carbons (Fsp3) is 0.474. The summed E-state index contributed by atoms with van der Waals surface area (Å²) in [5, 5.41) is 7.24. The van der Waals surface area contributed by atoms with Gasteiger partial charge in [0.15, 0.2) is 0 Å². The number of aryl methyl sites for hydroxylation is 3. The molecule has 24 heavy (non-hydrogen) atoms. The van der Waals surface area contributed by atoms with Crippen LogP contribution in [-0.2, 0) is 6.42 Å². The van der Waals surface area contributed by atoms with Crippen molar-refractivity contribution in [3.8, 4) is 0 Å². The number of carbonyl (C=O) groups is 1. The molecule has 0 radical (unpaired) electrons. The molecule has 1 saturated heterocycles.